The van der Waals surface area contributed by atoms with E-state index >= 15 is 0 Å². The number of aryl methyl sites for hydroxylation is 1. The molecule has 1 aliphatic heterocycles. The van der Waals surface area contributed by atoms with E-state index in [2.05, 4.69) is 20.8 Å². The van der Waals surface area contributed by atoms with Gasteiger partial charge in [0.25, 0.3) is 5.91 Å². The van der Waals surface area contributed by atoms with Crippen molar-refractivity contribution >= 4 is 17.6 Å². The average Bonchev–Trinajstić information content (AvgIpc) is 3.15. The molecule has 0 saturated carbocycles. The van der Waals surface area contributed by atoms with Gasteiger partial charge in [0, 0.05) is 31.4 Å². The van der Waals surface area contributed by atoms with Gasteiger partial charge in [0.1, 0.15) is 12.1 Å². The van der Waals surface area contributed by atoms with Gasteiger partial charge >= 0.3 is 0 Å². The van der Waals surface area contributed by atoms with Gasteiger partial charge < -0.3 is 20.1 Å². The van der Waals surface area contributed by atoms with Crippen LogP contribution in [0.25, 0.3) is 0 Å². The summed E-state index contributed by atoms with van der Waals surface area (Å²) >= 11 is 0. The summed E-state index contributed by atoms with van der Waals surface area (Å²) in [6, 6.07) is 7.38. The van der Waals surface area contributed by atoms with E-state index in [4.69, 9.17) is 4.52 Å². The van der Waals surface area contributed by atoms with Crippen LogP contribution >= 0.6 is 0 Å². The predicted octanol–water partition coefficient (Wildman–Crippen LogP) is 1.08. The van der Waals surface area contributed by atoms with Gasteiger partial charge in [-0.2, -0.15) is 0 Å². The highest BCUT2D eigenvalue weighted by Crippen LogP contribution is 2.10. The molecule has 0 saturated heterocycles. The van der Waals surface area contributed by atoms with Crippen molar-refractivity contribution in [1.29, 1.82) is 0 Å². The first-order valence-corrected chi connectivity index (χ1v) is 8.38. The number of fused-ring (bicyclic) bond motifs is 2. The first-order valence-electron chi connectivity index (χ1n) is 8.38. The molecule has 25 heavy (non-hydrogen) atoms. The van der Waals surface area contributed by atoms with Crippen LogP contribution in [0.5, 0.6) is 0 Å². The molecule has 0 aromatic carbocycles. The molecular weight excluding hydrogens is 322 g/mol. The molecule has 0 fully saturated rings. The molecule has 3 heterocycles. The Kier molecular flexibility index (Phi) is 5.61. The smallest absolute Gasteiger partial charge is 0.276 e. The fraction of sp³-hybridized carbons (Fsp3) is 0.412. The van der Waals surface area contributed by atoms with E-state index in [0.29, 0.717) is 19.6 Å². The van der Waals surface area contributed by atoms with Crippen LogP contribution in [0.2, 0.25) is 0 Å². The SMILES string of the molecule is O=C1CN(C(=O)c2ccon2)CCCCc2cccc(n2)NCCN1. The lowest BCUT2D eigenvalue weighted by atomic mass is 10.1. The van der Waals surface area contributed by atoms with Crippen molar-refractivity contribution in [3.8, 4) is 0 Å². The molecule has 0 atom stereocenters. The zero-order valence-electron chi connectivity index (χ0n) is 13.9. The lowest BCUT2D eigenvalue weighted by molar-refractivity contribution is -0.121. The Bertz CT molecular complexity index is 717. The van der Waals surface area contributed by atoms with Crippen LogP contribution in [-0.4, -0.2) is 53.0 Å². The molecule has 2 N–H and O–H groups in total. The quantitative estimate of drug-likeness (QED) is 0.803. The minimum absolute atomic E-state index is 0.00917. The molecule has 0 radical (unpaired) electrons. The number of nitrogens with zero attached hydrogens (tertiary/aromatic N) is 3. The third-order valence-electron chi connectivity index (χ3n) is 3.95. The molecule has 3 rings (SSSR count). The largest absolute Gasteiger partial charge is 0.368 e. The first-order chi connectivity index (χ1) is 12.2. The topological polar surface area (TPSA) is 100 Å². The maximum Gasteiger partial charge on any atom is 0.276 e. The number of nitrogens with one attached hydrogen (secondary N) is 2. The molecule has 0 spiro atoms. The highest BCUT2D eigenvalue weighted by molar-refractivity contribution is 5.94. The standard InChI is InChI=1S/C17H21N5O3/c23-16-12-22(17(24)14-7-11-25-21-14)10-2-1-4-13-5-3-6-15(20-13)18-8-9-19-16/h3,5-7,11H,1-2,4,8-10,12H2,(H,18,20)(H,19,23). The van der Waals surface area contributed by atoms with Crippen molar-refractivity contribution in [2.24, 2.45) is 0 Å². The van der Waals surface area contributed by atoms with E-state index < -0.39 is 0 Å². The second kappa shape index (κ2) is 8.27. The third kappa shape index (κ3) is 4.79. The summed E-state index contributed by atoms with van der Waals surface area (Å²) < 4.78 is 4.73. The van der Waals surface area contributed by atoms with Gasteiger partial charge in [-0.3, -0.25) is 9.59 Å². The van der Waals surface area contributed by atoms with Crippen molar-refractivity contribution in [2.45, 2.75) is 19.3 Å². The van der Waals surface area contributed by atoms with Crippen LogP contribution in [0.1, 0.15) is 29.0 Å². The number of carbonyl (C=O) groups is 2. The summed E-state index contributed by atoms with van der Waals surface area (Å²) in [7, 11) is 0. The Morgan fingerprint density at radius 2 is 2.04 bits per heavy atom. The maximum atomic E-state index is 12.5. The Hall–Kier alpha value is -2.90. The van der Waals surface area contributed by atoms with Gasteiger partial charge in [0.15, 0.2) is 5.69 Å². The Morgan fingerprint density at radius 1 is 1.16 bits per heavy atom. The molecule has 2 aromatic heterocycles. The first kappa shape index (κ1) is 16.9. The van der Waals surface area contributed by atoms with Gasteiger partial charge in [-0.25, -0.2) is 4.98 Å². The molecule has 0 unspecified atom stereocenters. The molecule has 8 heteroatoms. The van der Waals surface area contributed by atoms with Crippen molar-refractivity contribution in [3.05, 3.63) is 41.9 Å². The minimum atomic E-state index is -0.297. The lowest BCUT2D eigenvalue weighted by Gasteiger charge is -2.21. The van der Waals surface area contributed by atoms with Crippen LogP contribution < -0.4 is 10.6 Å². The summed E-state index contributed by atoms with van der Waals surface area (Å²) in [5.41, 5.74) is 1.23. The fourth-order valence-electron chi connectivity index (χ4n) is 2.69. The number of carbonyl (C=O) groups excluding carboxylic acids is 2. The van der Waals surface area contributed by atoms with Crippen molar-refractivity contribution in [1.82, 2.24) is 20.4 Å². The second-order valence-electron chi connectivity index (χ2n) is 5.86. The van der Waals surface area contributed by atoms with Crippen molar-refractivity contribution in [2.75, 3.05) is 31.5 Å². The van der Waals surface area contributed by atoms with E-state index in [0.717, 1.165) is 30.8 Å². The van der Waals surface area contributed by atoms with E-state index in [1.807, 2.05) is 18.2 Å². The van der Waals surface area contributed by atoms with Gasteiger partial charge in [-0.05, 0) is 31.4 Å². The van der Waals surface area contributed by atoms with Crippen LogP contribution in [-0.2, 0) is 11.2 Å². The monoisotopic (exact) mass is 343 g/mol. The molecule has 0 aliphatic carbocycles. The second-order valence-corrected chi connectivity index (χ2v) is 5.86. The molecule has 2 amide bonds. The zero-order valence-corrected chi connectivity index (χ0v) is 13.9. The van der Waals surface area contributed by atoms with E-state index in [1.54, 1.807) is 0 Å². The molecule has 1 aliphatic rings. The number of pyridine rings is 1. The van der Waals surface area contributed by atoms with E-state index in [-0.39, 0.29) is 24.1 Å². The summed E-state index contributed by atoms with van der Waals surface area (Å²) in [5.74, 6) is 0.318. The van der Waals surface area contributed by atoms with Gasteiger partial charge in [0.2, 0.25) is 5.91 Å². The molecule has 2 bridgehead atoms. The normalized spacial score (nSPS) is 16.5. The highest BCUT2D eigenvalue weighted by atomic mass is 16.5. The summed E-state index contributed by atoms with van der Waals surface area (Å²) in [5, 5.41) is 9.67. The number of amides is 2. The molecule has 132 valence electrons. The Morgan fingerprint density at radius 3 is 2.88 bits per heavy atom. The Labute approximate surface area is 145 Å². The van der Waals surface area contributed by atoms with Crippen LogP contribution in [0, 0.1) is 0 Å². The van der Waals surface area contributed by atoms with Gasteiger partial charge in [-0.1, -0.05) is 11.2 Å². The van der Waals surface area contributed by atoms with E-state index in [1.165, 1.54) is 17.2 Å². The molecule has 8 nitrogen and oxygen atoms in total. The van der Waals surface area contributed by atoms with Crippen LogP contribution in [0.3, 0.4) is 0 Å². The number of hydrogen-bond acceptors (Lipinski definition) is 6. The Balaban J connectivity index is 1.69. The van der Waals surface area contributed by atoms with Crippen LogP contribution in [0.4, 0.5) is 5.82 Å². The van der Waals surface area contributed by atoms with Crippen molar-refractivity contribution < 1.29 is 14.1 Å². The molecular formula is C17H21N5O3. The number of hydrogen-bond donors (Lipinski definition) is 2. The fourth-order valence-corrected chi connectivity index (χ4v) is 2.69. The third-order valence-corrected chi connectivity index (χ3v) is 3.95. The van der Waals surface area contributed by atoms with E-state index in [9.17, 15) is 9.59 Å². The zero-order chi connectivity index (χ0) is 17.5. The van der Waals surface area contributed by atoms with Gasteiger partial charge in [-0.15, -0.1) is 0 Å². The summed E-state index contributed by atoms with van der Waals surface area (Å²) in [6.45, 7) is 1.52. The maximum absolute atomic E-state index is 12.5. The minimum Gasteiger partial charge on any atom is -0.368 e. The summed E-state index contributed by atoms with van der Waals surface area (Å²) in [6.07, 6.45) is 3.83. The van der Waals surface area contributed by atoms with Crippen molar-refractivity contribution in [3.63, 3.8) is 0 Å². The number of anilines is 1. The number of aromatic nitrogens is 2. The number of rotatable bonds is 1. The highest BCUT2D eigenvalue weighted by Gasteiger charge is 2.20. The average molecular weight is 343 g/mol. The summed E-state index contributed by atoms with van der Waals surface area (Å²) in [4.78, 5) is 30.7. The molecule has 2 aromatic rings. The van der Waals surface area contributed by atoms with Crippen LogP contribution in [0.15, 0.2) is 35.1 Å². The van der Waals surface area contributed by atoms with Gasteiger partial charge in [0.05, 0.1) is 6.54 Å². The lowest BCUT2D eigenvalue weighted by Crippen LogP contribution is -2.42. The predicted molar refractivity (Wildman–Crippen MR) is 91.1 cm³/mol.